The lowest BCUT2D eigenvalue weighted by molar-refractivity contribution is -0.384. The Labute approximate surface area is 193 Å². The van der Waals surface area contributed by atoms with Gasteiger partial charge in [0, 0.05) is 24.5 Å². The zero-order chi connectivity index (χ0) is 23.9. The largest absolute Gasteiger partial charge is 0.489 e. The molecule has 2 aromatic carbocycles. The lowest BCUT2D eigenvalue weighted by atomic mass is 10.2. The van der Waals surface area contributed by atoms with Crippen molar-refractivity contribution in [2.45, 2.75) is 19.3 Å². The molecule has 34 heavy (non-hydrogen) atoms. The second-order valence-electron chi connectivity index (χ2n) is 7.32. The van der Waals surface area contributed by atoms with E-state index in [0.29, 0.717) is 31.3 Å². The third-order valence-corrected chi connectivity index (χ3v) is 4.86. The summed E-state index contributed by atoms with van der Waals surface area (Å²) in [7, 11) is 0. The summed E-state index contributed by atoms with van der Waals surface area (Å²) in [6, 6.07) is 11.9. The number of esters is 1. The minimum atomic E-state index is -0.728. The third-order valence-electron chi connectivity index (χ3n) is 4.86. The first-order valence-corrected chi connectivity index (χ1v) is 10.5. The smallest absolute Gasteiger partial charge is 0.306 e. The quantitative estimate of drug-likeness (QED) is 0.299. The van der Waals surface area contributed by atoms with Crippen LogP contribution in [-0.2, 0) is 20.7 Å². The summed E-state index contributed by atoms with van der Waals surface area (Å²) in [5, 5.41) is 13.8. The summed E-state index contributed by atoms with van der Waals surface area (Å²) >= 11 is 0. The molecule has 1 N–H and O–H groups in total. The number of anilines is 1. The van der Waals surface area contributed by atoms with E-state index in [2.05, 4.69) is 10.3 Å². The zero-order valence-electron chi connectivity index (χ0n) is 18.0. The van der Waals surface area contributed by atoms with Crippen LogP contribution >= 0.6 is 0 Å². The Hall–Kier alpha value is -4.41. The van der Waals surface area contributed by atoms with Crippen LogP contribution in [0.1, 0.15) is 18.7 Å². The van der Waals surface area contributed by atoms with Gasteiger partial charge >= 0.3 is 5.97 Å². The van der Waals surface area contributed by atoms with Crippen molar-refractivity contribution in [1.82, 2.24) is 4.98 Å². The predicted octanol–water partition coefficient (Wildman–Crippen LogP) is 3.53. The van der Waals surface area contributed by atoms with Gasteiger partial charge in [-0.2, -0.15) is 0 Å². The summed E-state index contributed by atoms with van der Waals surface area (Å²) < 4.78 is 21.6. The fourth-order valence-electron chi connectivity index (χ4n) is 3.22. The van der Waals surface area contributed by atoms with Gasteiger partial charge in [-0.3, -0.25) is 19.7 Å². The van der Waals surface area contributed by atoms with Crippen molar-refractivity contribution in [3.63, 3.8) is 0 Å². The van der Waals surface area contributed by atoms with Gasteiger partial charge < -0.3 is 23.9 Å². The number of nitro benzene ring substituents is 1. The summed E-state index contributed by atoms with van der Waals surface area (Å²) in [4.78, 5) is 39.2. The molecular weight excluding hydrogens is 446 g/mol. The van der Waals surface area contributed by atoms with Crippen molar-refractivity contribution in [2.24, 2.45) is 0 Å². The molecule has 0 aliphatic carbocycles. The van der Waals surface area contributed by atoms with Gasteiger partial charge in [0.2, 0.25) is 0 Å². The van der Waals surface area contributed by atoms with Gasteiger partial charge in [0.1, 0.15) is 5.69 Å². The monoisotopic (exact) mass is 467 g/mol. The van der Waals surface area contributed by atoms with Crippen LogP contribution in [0.25, 0.3) is 11.3 Å². The van der Waals surface area contributed by atoms with E-state index in [1.807, 2.05) is 30.3 Å². The summed E-state index contributed by atoms with van der Waals surface area (Å²) in [5.41, 5.74) is 0.426. The maximum absolute atomic E-state index is 12.2. The maximum atomic E-state index is 12.2. The number of ether oxygens (including phenoxy) is 3. The van der Waals surface area contributed by atoms with E-state index >= 15 is 0 Å². The number of carbonyl (C=O) groups excluding carboxylic acids is 2. The maximum Gasteiger partial charge on any atom is 0.306 e. The number of fused-ring (bicyclic) bond motifs is 1. The standard InChI is InChI=1S/C23H21N3O8/c27-21(25-16-11-18-19(12-17(16)26(29)30)32-10-4-9-31-18)14-33-23(28)8-7-22-24-13-20(34-22)15-5-2-1-3-6-15/h1-3,5-6,11-13H,4,7-10,14H2,(H,25,27). The van der Waals surface area contributed by atoms with Gasteiger partial charge in [-0.25, -0.2) is 4.98 Å². The molecular formula is C23H21N3O8. The number of amides is 1. The normalized spacial score (nSPS) is 12.5. The van der Waals surface area contributed by atoms with E-state index < -0.39 is 23.4 Å². The van der Waals surface area contributed by atoms with Crippen molar-refractivity contribution < 1.29 is 33.1 Å². The lowest BCUT2D eigenvalue weighted by Gasteiger charge is -2.11. The average molecular weight is 467 g/mol. The van der Waals surface area contributed by atoms with E-state index in [1.54, 1.807) is 6.20 Å². The molecule has 0 spiro atoms. The minimum absolute atomic E-state index is 0.0494. The molecule has 3 aromatic rings. The summed E-state index contributed by atoms with van der Waals surface area (Å²) in [6.07, 6.45) is 2.35. The molecule has 4 rings (SSSR count). The van der Waals surface area contributed by atoms with E-state index in [4.69, 9.17) is 18.6 Å². The molecule has 1 aliphatic heterocycles. The van der Waals surface area contributed by atoms with Crippen molar-refractivity contribution in [1.29, 1.82) is 0 Å². The first kappa shape index (κ1) is 22.8. The first-order valence-electron chi connectivity index (χ1n) is 10.5. The number of carbonyl (C=O) groups is 2. The van der Waals surface area contributed by atoms with Crippen LogP contribution < -0.4 is 14.8 Å². The van der Waals surface area contributed by atoms with Crippen molar-refractivity contribution in [3.05, 3.63) is 64.7 Å². The Morgan fingerprint density at radius 2 is 1.85 bits per heavy atom. The molecule has 1 amide bonds. The Balaban J connectivity index is 1.29. The number of nitro groups is 1. The molecule has 0 atom stereocenters. The van der Waals surface area contributed by atoms with Gasteiger partial charge in [-0.05, 0) is 0 Å². The van der Waals surface area contributed by atoms with Gasteiger partial charge in [0.05, 0.1) is 36.8 Å². The van der Waals surface area contributed by atoms with Crippen molar-refractivity contribution in [3.8, 4) is 22.8 Å². The lowest BCUT2D eigenvalue weighted by Crippen LogP contribution is -2.21. The van der Waals surface area contributed by atoms with E-state index in [0.717, 1.165) is 5.56 Å². The van der Waals surface area contributed by atoms with Gasteiger partial charge in [-0.15, -0.1) is 0 Å². The van der Waals surface area contributed by atoms with Crippen LogP contribution in [0, 0.1) is 10.1 Å². The average Bonchev–Trinajstić information content (AvgIpc) is 3.20. The van der Waals surface area contributed by atoms with Crippen molar-refractivity contribution >= 4 is 23.3 Å². The molecule has 2 heterocycles. The first-order chi connectivity index (χ1) is 16.5. The SMILES string of the molecule is O=C(COC(=O)CCc1ncc(-c2ccccc2)o1)Nc1cc2c(cc1[N+](=O)[O-])OCCCO2. The summed E-state index contributed by atoms with van der Waals surface area (Å²) in [6.45, 7) is 0.144. The Bertz CT molecular complexity index is 1190. The second kappa shape index (κ2) is 10.5. The number of nitrogens with one attached hydrogen (secondary N) is 1. The molecule has 1 aliphatic rings. The topological polar surface area (TPSA) is 143 Å². The van der Waals surface area contributed by atoms with Gasteiger partial charge in [-0.1, -0.05) is 30.3 Å². The highest BCUT2D eigenvalue weighted by Gasteiger charge is 2.23. The van der Waals surface area contributed by atoms with Crippen LogP contribution in [0.15, 0.2) is 53.1 Å². The highest BCUT2D eigenvalue weighted by atomic mass is 16.6. The van der Waals surface area contributed by atoms with Crippen LogP contribution in [0.4, 0.5) is 11.4 Å². The molecule has 0 saturated heterocycles. The number of oxazole rings is 1. The number of rotatable bonds is 8. The Morgan fingerprint density at radius 1 is 1.12 bits per heavy atom. The van der Waals surface area contributed by atoms with Crippen LogP contribution in [-0.4, -0.2) is 41.6 Å². The highest BCUT2D eigenvalue weighted by Crippen LogP contribution is 2.39. The molecule has 0 radical (unpaired) electrons. The molecule has 0 unspecified atom stereocenters. The Kier molecular flexibility index (Phi) is 7.01. The molecule has 0 saturated carbocycles. The molecule has 11 nitrogen and oxygen atoms in total. The van der Waals surface area contributed by atoms with Crippen LogP contribution in [0.3, 0.4) is 0 Å². The van der Waals surface area contributed by atoms with Gasteiger partial charge in [0.15, 0.2) is 29.8 Å². The predicted molar refractivity (Wildman–Crippen MR) is 119 cm³/mol. The molecule has 11 heteroatoms. The van der Waals surface area contributed by atoms with E-state index in [1.165, 1.54) is 12.1 Å². The number of hydrogen-bond acceptors (Lipinski definition) is 9. The summed E-state index contributed by atoms with van der Waals surface area (Å²) in [5.74, 6) is 0.103. The van der Waals surface area contributed by atoms with Crippen molar-refractivity contribution in [2.75, 3.05) is 25.1 Å². The fraction of sp³-hybridized carbons (Fsp3) is 0.261. The minimum Gasteiger partial charge on any atom is -0.489 e. The van der Waals surface area contributed by atoms with Gasteiger partial charge in [0.25, 0.3) is 11.6 Å². The third kappa shape index (κ3) is 5.68. The second-order valence-corrected chi connectivity index (χ2v) is 7.32. The number of aromatic nitrogens is 1. The van der Waals surface area contributed by atoms with Crippen LogP contribution in [0.2, 0.25) is 0 Å². The zero-order valence-corrected chi connectivity index (χ0v) is 18.0. The number of benzene rings is 2. The van der Waals surface area contributed by atoms with Crippen LogP contribution in [0.5, 0.6) is 11.5 Å². The highest BCUT2D eigenvalue weighted by molar-refractivity contribution is 5.95. The fourth-order valence-corrected chi connectivity index (χ4v) is 3.22. The Morgan fingerprint density at radius 3 is 2.59 bits per heavy atom. The molecule has 0 fully saturated rings. The molecule has 1 aromatic heterocycles. The number of aryl methyl sites for hydroxylation is 1. The van der Waals surface area contributed by atoms with E-state index in [-0.39, 0.29) is 35.7 Å². The number of nitrogens with zero attached hydrogens (tertiary/aromatic N) is 2. The molecule has 0 bridgehead atoms. The molecule has 176 valence electrons. The van der Waals surface area contributed by atoms with E-state index in [9.17, 15) is 19.7 Å². The number of hydrogen-bond donors (Lipinski definition) is 1.